The third-order valence-corrected chi connectivity index (χ3v) is 8.15. The Morgan fingerprint density at radius 2 is 1.44 bits per heavy atom. The Hall–Kier alpha value is -2.66. The Morgan fingerprint density at radius 3 is 1.89 bits per heavy atom. The number of thioether (sulfide) groups is 1. The highest BCUT2D eigenvalue weighted by atomic mass is 32.2. The zero-order valence-corrected chi connectivity index (χ0v) is 23.4. The van der Waals surface area contributed by atoms with Crippen LogP contribution in [0.5, 0.6) is 0 Å². The first-order chi connectivity index (χ1) is 17.0. The van der Waals surface area contributed by atoms with Crippen LogP contribution in [-0.4, -0.2) is 30.4 Å². The van der Waals surface area contributed by atoms with Crippen LogP contribution in [0.2, 0.25) is 0 Å². The zero-order valence-electron chi connectivity index (χ0n) is 22.6. The summed E-state index contributed by atoms with van der Waals surface area (Å²) in [6.45, 7) is 12.8. The van der Waals surface area contributed by atoms with Crippen LogP contribution in [0.4, 0.5) is 0 Å². The molecule has 0 unspecified atom stereocenters. The van der Waals surface area contributed by atoms with Crippen LogP contribution in [0, 0.1) is 5.41 Å². The molecule has 0 heterocycles. The summed E-state index contributed by atoms with van der Waals surface area (Å²) >= 11 is 1.45. The second-order valence-corrected chi connectivity index (χ2v) is 11.5. The van der Waals surface area contributed by atoms with E-state index in [1.165, 1.54) is 11.8 Å². The van der Waals surface area contributed by atoms with E-state index < -0.39 is 11.8 Å². The number of hydrogen-bond acceptors (Lipinski definition) is 5. The maximum atomic E-state index is 13.1. The Balaban J connectivity index is 1.93. The van der Waals surface area contributed by atoms with E-state index in [1.54, 1.807) is 6.07 Å². The average Bonchev–Trinajstić information content (AvgIpc) is 3.14. The minimum atomic E-state index is -0.804. The molecule has 4 nitrogen and oxygen atoms in total. The topological polar surface area (TPSA) is 60.4 Å². The summed E-state index contributed by atoms with van der Waals surface area (Å²) in [6.07, 6.45) is 7.03. The van der Waals surface area contributed by atoms with Gasteiger partial charge in [-0.15, -0.1) is 11.8 Å². The van der Waals surface area contributed by atoms with E-state index in [0.717, 1.165) is 52.8 Å². The van der Waals surface area contributed by atoms with E-state index in [-0.39, 0.29) is 23.2 Å². The van der Waals surface area contributed by atoms with Crippen molar-refractivity contribution >= 4 is 29.3 Å². The van der Waals surface area contributed by atoms with Crippen molar-refractivity contribution in [2.24, 2.45) is 5.41 Å². The summed E-state index contributed by atoms with van der Waals surface area (Å²) < 4.78 is 5.29. The first-order valence-corrected chi connectivity index (χ1v) is 14.0. The molecule has 36 heavy (non-hydrogen) atoms. The van der Waals surface area contributed by atoms with Crippen molar-refractivity contribution in [1.82, 2.24) is 0 Å². The molecule has 0 saturated carbocycles. The van der Waals surface area contributed by atoms with Crippen LogP contribution in [0.25, 0.3) is 11.1 Å². The van der Waals surface area contributed by atoms with Crippen molar-refractivity contribution in [1.29, 1.82) is 0 Å². The van der Waals surface area contributed by atoms with Crippen molar-refractivity contribution in [3.63, 3.8) is 0 Å². The lowest BCUT2D eigenvalue weighted by Crippen LogP contribution is -2.24. The van der Waals surface area contributed by atoms with E-state index in [0.29, 0.717) is 11.1 Å². The van der Waals surface area contributed by atoms with Gasteiger partial charge >= 0.3 is 5.97 Å². The van der Waals surface area contributed by atoms with E-state index in [9.17, 15) is 14.4 Å². The van der Waals surface area contributed by atoms with Crippen LogP contribution < -0.4 is 0 Å². The summed E-state index contributed by atoms with van der Waals surface area (Å²) in [5.41, 5.74) is 5.13. The molecule has 0 atom stereocenters. The minimum Gasteiger partial charge on any atom is -0.460 e. The Bertz CT molecular complexity index is 1200. The van der Waals surface area contributed by atoms with Gasteiger partial charge in [-0.2, -0.15) is 0 Å². The predicted molar refractivity (Wildman–Crippen MR) is 149 cm³/mol. The fourth-order valence-electron chi connectivity index (χ4n) is 5.22. The van der Waals surface area contributed by atoms with Crippen molar-refractivity contribution in [2.45, 2.75) is 72.6 Å². The highest BCUT2D eigenvalue weighted by Crippen LogP contribution is 2.53. The Labute approximate surface area is 219 Å². The van der Waals surface area contributed by atoms with Crippen molar-refractivity contribution < 1.29 is 19.1 Å². The highest BCUT2D eigenvalue weighted by molar-refractivity contribution is 8.03. The van der Waals surface area contributed by atoms with Crippen molar-refractivity contribution in [3.05, 3.63) is 69.6 Å². The van der Waals surface area contributed by atoms with Crippen molar-refractivity contribution in [3.8, 4) is 11.1 Å². The molecule has 3 rings (SSSR count). The number of carbonyl (C=O) groups is 3. The van der Waals surface area contributed by atoms with Gasteiger partial charge in [0.15, 0.2) is 5.78 Å². The number of esters is 1. The van der Waals surface area contributed by atoms with Crippen LogP contribution in [0.15, 0.2) is 47.4 Å². The Morgan fingerprint density at radius 1 is 0.917 bits per heavy atom. The van der Waals surface area contributed by atoms with Crippen LogP contribution in [0.1, 0.15) is 99.1 Å². The van der Waals surface area contributed by atoms with Gasteiger partial charge in [0.25, 0.3) is 5.78 Å². The van der Waals surface area contributed by atoms with Gasteiger partial charge in [0, 0.05) is 16.5 Å². The van der Waals surface area contributed by atoms with Gasteiger partial charge in [-0.05, 0) is 78.7 Å². The van der Waals surface area contributed by atoms with Gasteiger partial charge in [0.1, 0.15) is 0 Å². The average molecular weight is 507 g/mol. The third-order valence-electron chi connectivity index (χ3n) is 7.29. The molecule has 0 radical (unpaired) electrons. The molecular weight excluding hydrogens is 468 g/mol. The molecule has 0 amide bonds. The lowest BCUT2D eigenvalue weighted by Gasteiger charge is -2.30. The first kappa shape index (κ1) is 27.9. The highest BCUT2D eigenvalue weighted by Gasteiger charge is 2.41. The molecule has 192 valence electrons. The number of Topliss-reactive ketones (excluding diaryl/α,β-unsaturated/α-hetero) is 2. The third kappa shape index (κ3) is 5.36. The van der Waals surface area contributed by atoms with Gasteiger partial charge in [-0.25, -0.2) is 4.79 Å². The standard InChI is InChI=1S/C31H38O4S/c1-8-26(36-7)27(32)20-12-14-22-23-15-13-21(19-25(23)31(9-2,10-3)24(22)18-20)28(33)29(34)35-17-11-16-30(4,5)6/h8,12-15,18-19H,9-11,16-17H2,1-7H3/b26-8-. The fourth-order valence-corrected chi connectivity index (χ4v) is 5.76. The predicted octanol–water partition coefficient (Wildman–Crippen LogP) is 7.77. The van der Waals surface area contributed by atoms with Gasteiger partial charge in [0.05, 0.1) is 11.5 Å². The molecule has 5 heteroatoms. The van der Waals surface area contributed by atoms with Crippen LogP contribution >= 0.6 is 11.8 Å². The lowest BCUT2D eigenvalue weighted by atomic mass is 9.73. The number of hydrogen-bond donors (Lipinski definition) is 0. The fraction of sp³-hybridized carbons (Fsp3) is 0.452. The largest absolute Gasteiger partial charge is 0.460 e. The van der Waals surface area contributed by atoms with E-state index >= 15 is 0 Å². The molecule has 0 spiro atoms. The monoisotopic (exact) mass is 506 g/mol. The number of ketones is 2. The van der Waals surface area contributed by atoms with E-state index in [2.05, 4.69) is 34.6 Å². The van der Waals surface area contributed by atoms with Gasteiger partial charge in [0.2, 0.25) is 0 Å². The molecule has 0 bridgehead atoms. The maximum Gasteiger partial charge on any atom is 0.379 e. The Kier molecular flexibility index (Phi) is 8.66. The maximum absolute atomic E-state index is 13.1. The number of rotatable bonds is 10. The number of allylic oxidation sites excluding steroid dienone is 2. The van der Waals surface area contributed by atoms with Gasteiger partial charge < -0.3 is 4.74 Å². The number of fused-ring (bicyclic) bond motifs is 3. The second-order valence-electron chi connectivity index (χ2n) is 10.6. The molecule has 0 fully saturated rings. The molecule has 2 aromatic rings. The van der Waals surface area contributed by atoms with E-state index in [1.807, 2.05) is 49.6 Å². The molecule has 0 aliphatic heterocycles. The molecule has 0 aromatic heterocycles. The van der Waals surface area contributed by atoms with Crippen molar-refractivity contribution in [2.75, 3.05) is 12.9 Å². The quantitative estimate of drug-likeness (QED) is 0.108. The van der Waals surface area contributed by atoms with Gasteiger partial charge in [-0.3, -0.25) is 9.59 Å². The second kappa shape index (κ2) is 11.2. The lowest BCUT2D eigenvalue weighted by molar-refractivity contribution is -0.138. The number of ether oxygens (including phenoxy) is 1. The van der Waals surface area contributed by atoms with Crippen LogP contribution in [-0.2, 0) is 14.9 Å². The van der Waals surface area contributed by atoms with Crippen LogP contribution in [0.3, 0.4) is 0 Å². The zero-order chi connectivity index (χ0) is 26.7. The molecule has 0 saturated heterocycles. The minimum absolute atomic E-state index is 0.0231. The summed E-state index contributed by atoms with van der Waals surface area (Å²) in [6, 6.07) is 11.4. The van der Waals surface area contributed by atoms with Gasteiger partial charge in [-0.1, -0.05) is 65.0 Å². The normalized spacial score (nSPS) is 14.2. The summed E-state index contributed by atoms with van der Waals surface area (Å²) in [5.74, 6) is -1.39. The summed E-state index contributed by atoms with van der Waals surface area (Å²) in [4.78, 5) is 39.2. The molecular formula is C31H38O4S. The molecule has 2 aromatic carbocycles. The summed E-state index contributed by atoms with van der Waals surface area (Å²) in [7, 11) is 0. The molecule has 1 aliphatic rings. The first-order valence-electron chi connectivity index (χ1n) is 12.8. The SMILES string of the molecule is C/C=C(\SC)C(=O)c1ccc2c(c1)C(CC)(CC)c1cc(C(=O)C(=O)OCCCC(C)(C)C)ccc1-2. The van der Waals surface area contributed by atoms with E-state index in [4.69, 9.17) is 4.74 Å². The summed E-state index contributed by atoms with van der Waals surface area (Å²) in [5, 5.41) is 0. The smallest absolute Gasteiger partial charge is 0.379 e. The number of benzene rings is 2. The molecule has 1 aliphatic carbocycles. The molecule has 0 N–H and O–H groups in total. The number of carbonyl (C=O) groups excluding carboxylic acids is 3.